The van der Waals surface area contributed by atoms with Gasteiger partial charge in [0.05, 0.1) is 28.5 Å². The van der Waals surface area contributed by atoms with E-state index in [1.807, 2.05) is 0 Å². The van der Waals surface area contributed by atoms with Gasteiger partial charge in [0.15, 0.2) is 5.60 Å². The van der Waals surface area contributed by atoms with Gasteiger partial charge in [-0.2, -0.15) is 4.31 Å². The van der Waals surface area contributed by atoms with Gasteiger partial charge >= 0.3 is 0 Å². The maximum absolute atomic E-state index is 15.6. The van der Waals surface area contributed by atoms with Crippen LogP contribution in [0.3, 0.4) is 0 Å². The fourth-order valence-electron chi connectivity index (χ4n) is 4.85. The molecule has 0 spiro atoms. The van der Waals surface area contributed by atoms with Crippen LogP contribution in [0, 0.1) is 11.6 Å². The van der Waals surface area contributed by atoms with E-state index in [1.165, 1.54) is 35.1 Å². The van der Waals surface area contributed by atoms with Gasteiger partial charge in [0, 0.05) is 35.7 Å². The Morgan fingerprint density at radius 2 is 1.95 bits per heavy atom. The molecule has 0 bridgehead atoms. The Morgan fingerprint density at radius 3 is 2.64 bits per heavy atom. The molecule has 0 radical (unpaired) electrons. The summed E-state index contributed by atoms with van der Waals surface area (Å²) in [6.45, 7) is 3.69. The van der Waals surface area contributed by atoms with Crippen molar-refractivity contribution < 1.29 is 26.7 Å². The highest BCUT2D eigenvalue weighted by molar-refractivity contribution is 9.10. The Bertz CT molecular complexity index is 1750. The topological polar surface area (TPSA) is 93.7 Å². The summed E-state index contributed by atoms with van der Waals surface area (Å²) in [5.74, 6) is 0.0400. The molecule has 0 saturated carbocycles. The number of nitrogens with zero attached hydrogens (tertiary/aromatic N) is 3. The van der Waals surface area contributed by atoms with Crippen molar-refractivity contribution in [1.82, 2.24) is 14.3 Å². The highest BCUT2D eigenvalue weighted by atomic mass is 79.9. The maximum Gasteiger partial charge on any atom is 0.213 e. The average molecular weight is 660 g/mol. The quantitative estimate of drug-likeness (QED) is 0.190. The fourth-order valence-corrected chi connectivity index (χ4v) is 6.50. The second-order valence-corrected chi connectivity index (χ2v) is 12.9. The molecule has 1 aliphatic heterocycles. The van der Waals surface area contributed by atoms with Gasteiger partial charge in [-0.1, -0.05) is 19.1 Å². The molecule has 0 aliphatic carbocycles. The summed E-state index contributed by atoms with van der Waals surface area (Å²) in [5.41, 5.74) is 0.717. The van der Waals surface area contributed by atoms with E-state index in [-0.39, 0.29) is 36.8 Å². The number of aromatic nitrogens is 2. The van der Waals surface area contributed by atoms with Gasteiger partial charge in [-0.15, -0.1) is 0 Å². The summed E-state index contributed by atoms with van der Waals surface area (Å²) < 4.78 is 68.3. The second-order valence-electron chi connectivity index (χ2n) is 9.78. The van der Waals surface area contributed by atoms with Crippen molar-refractivity contribution in [3.8, 4) is 5.75 Å². The minimum atomic E-state index is -3.54. The molecule has 220 valence electrons. The number of likely N-dealkylation sites (N-methyl/N-ethyl adjacent to an activating group) is 1. The molecule has 1 N–H and O–H groups in total. The van der Waals surface area contributed by atoms with Crippen LogP contribution in [-0.2, 0) is 27.0 Å². The minimum absolute atomic E-state index is 0.0460. The summed E-state index contributed by atoms with van der Waals surface area (Å²) in [4.78, 5) is 8.64. The van der Waals surface area contributed by atoms with Gasteiger partial charge < -0.3 is 14.8 Å². The largest absolute Gasteiger partial charge is 0.489 e. The van der Waals surface area contributed by atoms with Crippen LogP contribution in [0.15, 0.2) is 77.7 Å². The summed E-state index contributed by atoms with van der Waals surface area (Å²) in [6, 6.07) is 14.5. The zero-order valence-corrected chi connectivity index (χ0v) is 25.4. The van der Waals surface area contributed by atoms with Crippen molar-refractivity contribution in [2.24, 2.45) is 0 Å². The lowest BCUT2D eigenvalue weighted by Crippen LogP contribution is -2.44. The summed E-state index contributed by atoms with van der Waals surface area (Å²) in [7, 11) is -3.54. The number of anilines is 2. The van der Waals surface area contributed by atoms with Gasteiger partial charge in [0.2, 0.25) is 10.0 Å². The maximum atomic E-state index is 15.6. The second kappa shape index (κ2) is 12.3. The number of nitrogens with one attached hydrogen (secondary N) is 1. The number of ether oxygens (including phenoxy) is 2. The van der Waals surface area contributed by atoms with Crippen molar-refractivity contribution in [2.45, 2.75) is 32.5 Å². The third-order valence-electron chi connectivity index (χ3n) is 7.07. The first kappa shape index (κ1) is 29.9. The number of benzene rings is 3. The zero-order chi connectivity index (χ0) is 29.9. The zero-order valence-electron chi connectivity index (χ0n) is 23.0. The third-order valence-corrected chi connectivity index (χ3v) is 9.60. The highest BCUT2D eigenvalue weighted by Gasteiger charge is 2.42. The monoisotopic (exact) mass is 658 g/mol. The van der Waals surface area contributed by atoms with Gasteiger partial charge in [-0.3, -0.25) is 0 Å². The smallest absolute Gasteiger partial charge is 0.213 e. The molecule has 3 aromatic carbocycles. The minimum Gasteiger partial charge on any atom is -0.489 e. The van der Waals surface area contributed by atoms with Crippen LogP contribution < -0.4 is 10.1 Å². The molecule has 5 rings (SSSR count). The average Bonchev–Trinajstić information content (AvgIpc) is 3.45. The van der Waals surface area contributed by atoms with E-state index in [4.69, 9.17) is 9.47 Å². The van der Waals surface area contributed by atoms with Crippen LogP contribution in [-0.4, -0.2) is 41.5 Å². The molecular formula is C30H29BrF2N4O4S. The lowest BCUT2D eigenvalue weighted by Gasteiger charge is -2.34. The number of fused-ring (bicyclic) bond motifs is 1. The van der Waals surface area contributed by atoms with E-state index < -0.39 is 21.4 Å². The van der Waals surface area contributed by atoms with E-state index in [2.05, 4.69) is 31.2 Å². The molecule has 0 saturated heterocycles. The number of halogens is 3. The van der Waals surface area contributed by atoms with Gasteiger partial charge in [0.25, 0.3) is 0 Å². The summed E-state index contributed by atoms with van der Waals surface area (Å²) in [6.07, 6.45) is 4.87. The molecule has 0 fully saturated rings. The molecule has 12 heteroatoms. The molecule has 1 aromatic heterocycles. The van der Waals surface area contributed by atoms with Crippen LogP contribution in [0.2, 0.25) is 0 Å². The molecule has 1 aliphatic rings. The number of rotatable bonds is 11. The Hall–Kier alpha value is -3.61. The Balaban J connectivity index is 1.44. The van der Waals surface area contributed by atoms with Gasteiger partial charge in [-0.25, -0.2) is 27.2 Å². The van der Waals surface area contributed by atoms with Crippen LogP contribution in [0.25, 0.3) is 10.9 Å². The Morgan fingerprint density at radius 1 is 1.12 bits per heavy atom. The van der Waals surface area contributed by atoms with Gasteiger partial charge in [-0.05, 0) is 70.9 Å². The lowest BCUT2D eigenvalue weighted by atomic mass is 9.89. The van der Waals surface area contributed by atoms with Crippen molar-refractivity contribution in [1.29, 1.82) is 0 Å². The Kier molecular flexibility index (Phi) is 8.76. The molecule has 2 heterocycles. The van der Waals surface area contributed by atoms with E-state index in [9.17, 15) is 12.8 Å². The van der Waals surface area contributed by atoms with E-state index in [1.54, 1.807) is 56.3 Å². The van der Waals surface area contributed by atoms with E-state index in [0.717, 1.165) is 0 Å². The van der Waals surface area contributed by atoms with E-state index in [0.29, 0.717) is 44.6 Å². The highest BCUT2D eigenvalue weighted by Crippen LogP contribution is 2.40. The van der Waals surface area contributed by atoms with Crippen molar-refractivity contribution in [3.63, 3.8) is 0 Å². The standard InChI is InChI=1S/C30H29BrF2N4O4S/c1-3-37(42(38,39)4-2)18-30(11-6-12-41-30)24-15-23-27(16-26(24)33)34-19-35-29(23)36-22-9-10-28(25(31)14-22)40-17-20-7-5-8-21(32)13-20/h5-10,12-16,19H,3-4,11,17-18H2,1-2H3,(H,34,35,36). The molecule has 8 nitrogen and oxygen atoms in total. The van der Waals surface area contributed by atoms with Crippen molar-refractivity contribution >= 4 is 48.4 Å². The summed E-state index contributed by atoms with van der Waals surface area (Å²) >= 11 is 3.52. The van der Waals surface area contributed by atoms with Crippen molar-refractivity contribution in [2.75, 3.05) is 24.2 Å². The normalized spacial score (nSPS) is 16.6. The number of hydrogen-bond acceptors (Lipinski definition) is 7. The third kappa shape index (κ3) is 6.25. The SMILES string of the molecule is CCN(CC1(c2cc3c(Nc4ccc(OCc5cccc(F)c5)c(Br)c4)ncnc3cc2F)CC=CO1)S(=O)(=O)CC. The van der Waals surface area contributed by atoms with Gasteiger partial charge in [0.1, 0.15) is 36.1 Å². The first-order valence-electron chi connectivity index (χ1n) is 13.3. The number of sulfonamides is 1. The summed E-state index contributed by atoms with van der Waals surface area (Å²) in [5, 5.41) is 3.79. The predicted octanol–water partition coefficient (Wildman–Crippen LogP) is 6.79. The van der Waals surface area contributed by atoms with Crippen LogP contribution >= 0.6 is 15.9 Å². The molecule has 42 heavy (non-hydrogen) atoms. The van der Waals surface area contributed by atoms with Crippen LogP contribution in [0.4, 0.5) is 20.3 Å². The molecule has 1 atom stereocenters. The predicted molar refractivity (Wildman–Crippen MR) is 161 cm³/mol. The van der Waals surface area contributed by atoms with Crippen LogP contribution in [0.1, 0.15) is 31.4 Å². The number of hydrogen-bond donors (Lipinski definition) is 1. The van der Waals surface area contributed by atoms with E-state index >= 15 is 4.39 Å². The first-order valence-corrected chi connectivity index (χ1v) is 15.7. The Labute approximate surface area is 251 Å². The fraction of sp³-hybridized carbons (Fsp3) is 0.267. The lowest BCUT2D eigenvalue weighted by molar-refractivity contribution is 0.0210. The van der Waals surface area contributed by atoms with Crippen LogP contribution in [0.5, 0.6) is 5.75 Å². The van der Waals surface area contributed by atoms with Crippen molar-refractivity contribution in [3.05, 3.63) is 100 Å². The first-order chi connectivity index (χ1) is 20.1. The molecular weight excluding hydrogens is 630 g/mol. The molecule has 0 amide bonds. The molecule has 1 unspecified atom stereocenters. The molecule has 4 aromatic rings.